The van der Waals surface area contributed by atoms with E-state index in [-0.39, 0.29) is 34.3 Å². The number of nitrogens with one attached hydrogen (secondary N) is 1. The molecule has 0 saturated carbocycles. The van der Waals surface area contributed by atoms with E-state index in [1.165, 1.54) is 35.6 Å². The summed E-state index contributed by atoms with van der Waals surface area (Å²) in [4.78, 5) is 30.5. The highest BCUT2D eigenvalue weighted by atomic mass is 32.2. The number of aromatic nitrogens is 1. The first-order valence-corrected chi connectivity index (χ1v) is 14.1. The van der Waals surface area contributed by atoms with Crippen molar-refractivity contribution in [3.8, 4) is 0 Å². The molecule has 2 aromatic carbocycles. The van der Waals surface area contributed by atoms with E-state index in [1.54, 1.807) is 0 Å². The summed E-state index contributed by atoms with van der Waals surface area (Å²) in [5.41, 5.74) is 1.96. The maximum absolute atomic E-state index is 13.4. The molecule has 6 nitrogen and oxygen atoms in total. The number of aryl methyl sites for hydroxylation is 1. The highest BCUT2D eigenvalue weighted by Gasteiger charge is 2.44. The van der Waals surface area contributed by atoms with E-state index in [1.807, 2.05) is 44.2 Å². The van der Waals surface area contributed by atoms with Gasteiger partial charge in [0.2, 0.25) is 5.91 Å². The largest absolute Gasteiger partial charge is 0.511 e. The molecule has 0 fully saturated rings. The van der Waals surface area contributed by atoms with Crippen LogP contribution in [-0.4, -0.2) is 27.6 Å². The van der Waals surface area contributed by atoms with Crippen LogP contribution in [0, 0.1) is 5.92 Å². The predicted molar refractivity (Wildman–Crippen MR) is 151 cm³/mol. The van der Waals surface area contributed by atoms with Gasteiger partial charge in [-0.3, -0.25) is 4.79 Å². The second-order valence-corrected chi connectivity index (χ2v) is 13.0. The van der Waals surface area contributed by atoms with Gasteiger partial charge in [0.15, 0.2) is 5.13 Å². The summed E-state index contributed by atoms with van der Waals surface area (Å²) in [6, 6.07) is 14.1. The quantitative estimate of drug-likeness (QED) is 0.305. The topological polar surface area (TPSA) is 88.5 Å². The van der Waals surface area contributed by atoms with Crippen LogP contribution < -0.4 is 5.32 Å². The number of esters is 1. The maximum Gasteiger partial charge on any atom is 0.349 e. The average Bonchev–Trinajstić information content (AvgIpc) is 3.20. The Kier molecular flexibility index (Phi) is 7.72. The van der Waals surface area contributed by atoms with Crippen molar-refractivity contribution in [2.45, 2.75) is 76.7 Å². The van der Waals surface area contributed by atoms with Crippen molar-refractivity contribution in [1.82, 2.24) is 4.98 Å². The molecule has 196 valence electrons. The van der Waals surface area contributed by atoms with Gasteiger partial charge >= 0.3 is 5.97 Å². The monoisotopic (exact) mass is 538 g/mol. The summed E-state index contributed by atoms with van der Waals surface area (Å²) in [5.74, 6) is -0.546. The SMILES string of the molecule is CC(=O)Nc1nc2cc(C(C)(C)C)c(SC3=C(O)CC(CCc4ccccc4)(C(C)C)OC3=O)cc2s1. The molecule has 0 radical (unpaired) electrons. The van der Waals surface area contributed by atoms with E-state index < -0.39 is 11.6 Å². The summed E-state index contributed by atoms with van der Waals surface area (Å²) < 4.78 is 7.03. The molecule has 1 aliphatic rings. The van der Waals surface area contributed by atoms with Crippen LogP contribution in [0.5, 0.6) is 0 Å². The summed E-state index contributed by atoms with van der Waals surface area (Å²) in [5, 5.41) is 14.5. The molecule has 0 aliphatic carbocycles. The van der Waals surface area contributed by atoms with Crippen LogP contribution >= 0.6 is 23.1 Å². The Bertz CT molecular complexity index is 1360. The lowest BCUT2D eigenvalue weighted by atomic mass is 9.80. The fourth-order valence-electron chi connectivity index (χ4n) is 4.54. The highest BCUT2D eigenvalue weighted by molar-refractivity contribution is 8.04. The number of thioether (sulfide) groups is 1. The van der Waals surface area contributed by atoms with E-state index in [0.29, 0.717) is 11.6 Å². The van der Waals surface area contributed by atoms with Crippen LogP contribution in [0.1, 0.15) is 65.5 Å². The van der Waals surface area contributed by atoms with Gasteiger partial charge in [-0.25, -0.2) is 9.78 Å². The Morgan fingerprint density at radius 1 is 1.24 bits per heavy atom. The zero-order chi connectivity index (χ0) is 27.0. The van der Waals surface area contributed by atoms with E-state index in [9.17, 15) is 14.7 Å². The van der Waals surface area contributed by atoms with Crippen LogP contribution in [-0.2, 0) is 26.2 Å². The van der Waals surface area contributed by atoms with Crippen molar-refractivity contribution in [2.75, 3.05) is 5.32 Å². The number of aliphatic hydroxyl groups is 1. The number of carbonyl (C=O) groups is 2. The van der Waals surface area contributed by atoms with E-state index in [4.69, 9.17) is 4.74 Å². The lowest BCUT2D eigenvalue weighted by Gasteiger charge is -2.40. The first-order valence-electron chi connectivity index (χ1n) is 12.5. The fraction of sp³-hybridized carbons (Fsp3) is 0.414. The van der Waals surface area contributed by atoms with E-state index in [2.05, 4.69) is 43.2 Å². The van der Waals surface area contributed by atoms with Crippen LogP contribution in [0.25, 0.3) is 10.2 Å². The number of benzene rings is 2. The molecule has 1 amide bonds. The number of ether oxygens (including phenoxy) is 1. The number of nitrogens with zero attached hydrogens (tertiary/aromatic N) is 1. The lowest BCUT2D eigenvalue weighted by molar-refractivity contribution is -0.164. The number of aliphatic hydroxyl groups excluding tert-OH is 1. The first kappa shape index (κ1) is 27.2. The molecular weight excluding hydrogens is 504 g/mol. The minimum Gasteiger partial charge on any atom is -0.511 e. The van der Waals surface area contributed by atoms with Crippen LogP contribution in [0.2, 0.25) is 0 Å². The van der Waals surface area contributed by atoms with Crippen molar-refractivity contribution in [2.24, 2.45) is 5.92 Å². The number of carbonyl (C=O) groups excluding carboxylic acids is 2. The second kappa shape index (κ2) is 10.5. The van der Waals surface area contributed by atoms with Crippen molar-refractivity contribution >= 4 is 50.3 Å². The van der Waals surface area contributed by atoms with Crippen LogP contribution in [0.4, 0.5) is 5.13 Å². The Labute approximate surface area is 226 Å². The van der Waals surface area contributed by atoms with E-state index >= 15 is 0 Å². The number of fused-ring (bicyclic) bond motifs is 1. The molecule has 2 N–H and O–H groups in total. The van der Waals surface area contributed by atoms with Crippen molar-refractivity contribution in [3.63, 3.8) is 0 Å². The molecule has 0 spiro atoms. The van der Waals surface area contributed by atoms with Gasteiger partial charge in [-0.15, -0.1) is 0 Å². The third kappa shape index (κ3) is 6.02. The lowest BCUT2D eigenvalue weighted by Crippen LogP contribution is -2.44. The number of hydrogen-bond donors (Lipinski definition) is 2. The van der Waals surface area contributed by atoms with Gasteiger partial charge in [0.25, 0.3) is 0 Å². The smallest absolute Gasteiger partial charge is 0.349 e. The Morgan fingerprint density at radius 2 is 1.95 bits per heavy atom. The molecular formula is C29H34N2O4S2. The zero-order valence-corrected chi connectivity index (χ0v) is 23.8. The molecule has 1 aromatic heterocycles. The van der Waals surface area contributed by atoms with Gasteiger partial charge < -0.3 is 15.2 Å². The molecule has 1 atom stereocenters. The molecule has 3 aromatic rings. The highest BCUT2D eigenvalue weighted by Crippen LogP contribution is 2.46. The number of hydrogen-bond acceptors (Lipinski definition) is 7. The van der Waals surface area contributed by atoms with Crippen molar-refractivity contribution < 1.29 is 19.4 Å². The summed E-state index contributed by atoms with van der Waals surface area (Å²) in [7, 11) is 0. The average molecular weight is 539 g/mol. The summed E-state index contributed by atoms with van der Waals surface area (Å²) in [6.07, 6.45) is 1.68. The molecule has 0 saturated heterocycles. The zero-order valence-electron chi connectivity index (χ0n) is 22.2. The molecule has 0 bridgehead atoms. The standard InChI is InChI=1S/C29H34N2O4S2/c1-17(2)29(13-12-19-10-8-7-9-11-19)16-22(33)25(26(34)35-29)36-23-15-24-21(14-20(23)28(4,5)6)31-27(37-24)30-18(3)32/h7-11,14-15,17,33H,12-13,16H2,1-6H3,(H,30,31,32). The minimum absolute atomic E-state index is 0.0414. The summed E-state index contributed by atoms with van der Waals surface area (Å²) in [6.45, 7) is 11.8. The second-order valence-electron chi connectivity index (χ2n) is 10.9. The Hall–Kier alpha value is -2.84. The van der Waals surface area contributed by atoms with E-state index in [0.717, 1.165) is 27.1 Å². The molecule has 37 heavy (non-hydrogen) atoms. The first-order chi connectivity index (χ1) is 17.4. The molecule has 8 heteroatoms. The Balaban J connectivity index is 1.67. The normalized spacial score (nSPS) is 18.4. The van der Waals surface area contributed by atoms with Crippen molar-refractivity contribution in [3.05, 3.63) is 64.3 Å². The van der Waals surface area contributed by atoms with Gasteiger partial charge in [-0.1, -0.05) is 88.0 Å². The number of anilines is 1. The van der Waals surface area contributed by atoms with Gasteiger partial charge in [0, 0.05) is 18.2 Å². The third-order valence-electron chi connectivity index (χ3n) is 6.73. The predicted octanol–water partition coefficient (Wildman–Crippen LogP) is 7.39. The fourth-order valence-corrected chi connectivity index (χ4v) is 6.73. The van der Waals surface area contributed by atoms with Crippen molar-refractivity contribution in [1.29, 1.82) is 0 Å². The maximum atomic E-state index is 13.4. The third-order valence-corrected chi connectivity index (χ3v) is 8.83. The molecule has 2 heterocycles. The minimum atomic E-state index is -0.761. The Morgan fingerprint density at radius 3 is 2.54 bits per heavy atom. The molecule has 1 unspecified atom stereocenters. The van der Waals surface area contributed by atoms with Crippen LogP contribution in [0.3, 0.4) is 0 Å². The number of cyclic esters (lactones) is 1. The van der Waals surface area contributed by atoms with Gasteiger partial charge in [-0.05, 0) is 47.4 Å². The van der Waals surface area contributed by atoms with Gasteiger partial charge in [0.1, 0.15) is 16.3 Å². The molecule has 4 rings (SSSR count). The van der Waals surface area contributed by atoms with Gasteiger partial charge in [-0.2, -0.15) is 0 Å². The number of amides is 1. The van der Waals surface area contributed by atoms with Crippen LogP contribution in [0.15, 0.2) is 58.0 Å². The number of thiazole rings is 1. The number of rotatable bonds is 7. The molecule has 1 aliphatic heterocycles. The summed E-state index contributed by atoms with van der Waals surface area (Å²) >= 11 is 2.63. The van der Waals surface area contributed by atoms with Gasteiger partial charge in [0.05, 0.1) is 10.2 Å².